The number of anilines is 1. The second kappa shape index (κ2) is 6.79. The van der Waals surface area contributed by atoms with Crippen molar-refractivity contribution in [3.63, 3.8) is 0 Å². The van der Waals surface area contributed by atoms with E-state index >= 15 is 0 Å². The number of ether oxygens (including phenoxy) is 1. The Bertz CT molecular complexity index is 610. The van der Waals surface area contributed by atoms with Crippen molar-refractivity contribution in [1.82, 2.24) is 4.90 Å². The molecule has 0 unspecified atom stereocenters. The number of nitrogens with zero attached hydrogens (tertiary/aromatic N) is 1. The highest BCUT2D eigenvalue weighted by Gasteiger charge is 2.36. The summed E-state index contributed by atoms with van der Waals surface area (Å²) in [5, 5.41) is 3.50. The summed E-state index contributed by atoms with van der Waals surface area (Å²) < 4.78 is 5.38. The number of aryl methyl sites for hydroxylation is 1. The minimum absolute atomic E-state index is 0.196. The fourth-order valence-electron chi connectivity index (χ4n) is 2.56. The zero-order valence-electron chi connectivity index (χ0n) is 14.0. The predicted molar refractivity (Wildman–Crippen MR) is 90.8 cm³/mol. The van der Waals surface area contributed by atoms with Crippen LogP contribution in [0.5, 0.6) is 0 Å². The molecule has 1 fully saturated rings. The van der Waals surface area contributed by atoms with Crippen molar-refractivity contribution in [2.45, 2.75) is 52.2 Å². The van der Waals surface area contributed by atoms with Crippen LogP contribution in [0, 0.1) is 6.92 Å². The van der Waals surface area contributed by atoms with Gasteiger partial charge in [0.1, 0.15) is 11.6 Å². The van der Waals surface area contributed by atoms with Gasteiger partial charge in [0.15, 0.2) is 0 Å². The molecule has 1 saturated heterocycles. The summed E-state index contributed by atoms with van der Waals surface area (Å²) in [4.78, 5) is 26.3. The number of rotatable bonds is 2. The van der Waals surface area contributed by atoms with E-state index in [9.17, 15) is 9.59 Å². The Hall–Kier alpha value is -1.75. The Labute approximate surface area is 141 Å². The maximum atomic E-state index is 12.5. The smallest absolute Gasteiger partial charge is 0.410 e. The molecular weight excluding hydrogens is 316 g/mol. The van der Waals surface area contributed by atoms with Gasteiger partial charge in [0.05, 0.1) is 0 Å². The second-order valence-corrected chi connectivity index (χ2v) is 7.22. The van der Waals surface area contributed by atoms with Crippen molar-refractivity contribution in [2.24, 2.45) is 0 Å². The zero-order chi connectivity index (χ0) is 17.2. The third-order valence-corrected chi connectivity index (χ3v) is 3.86. The van der Waals surface area contributed by atoms with E-state index in [1.54, 1.807) is 18.2 Å². The monoisotopic (exact) mass is 338 g/mol. The summed E-state index contributed by atoms with van der Waals surface area (Å²) in [6.45, 7) is 7.85. The van der Waals surface area contributed by atoms with Gasteiger partial charge in [-0.1, -0.05) is 11.6 Å². The van der Waals surface area contributed by atoms with E-state index in [4.69, 9.17) is 16.3 Å². The molecule has 1 aliphatic rings. The largest absolute Gasteiger partial charge is 0.444 e. The summed E-state index contributed by atoms with van der Waals surface area (Å²) in [6, 6.07) is 4.78. The molecule has 1 N–H and O–H groups in total. The molecule has 6 heteroatoms. The lowest BCUT2D eigenvalue weighted by Crippen LogP contribution is -2.45. The number of hydrogen-bond donors (Lipinski definition) is 1. The lowest BCUT2D eigenvalue weighted by atomic mass is 10.1. The molecule has 0 spiro atoms. The van der Waals surface area contributed by atoms with Gasteiger partial charge < -0.3 is 10.1 Å². The summed E-state index contributed by atoms with van der Waals surface area (Å²) in [6.07, 6.45) is 0.984. The van der Waals surface area contributed by atoms with E-state index in [1.165, 1.54) is 4.90 Å². The topological polar surface area (TPSA) is 58.6 Å². The van der Waals surface area contributed by atoms with Crippen LogP contribution in [-0.4, -0.2) is 35.1 Å². The maximum Gasteiger partial charge on any atom is 0.410 e. The standard InChI is InChI=1S/C17H23ClN2O3/c1-11-10-12(18)7-8-13(11)19-15(21)14-6-5-9-20(14)16(22)23-17(2,3)4/h7-8,10,14H,5-6,9H2,1-4H3,(H,19,21)/t14-/m1/s1. The number of amides is 2. The first kappa shape index (κ1) is 17.6. The molecule has 1 aromatic rings. The van der Waals surface area contributed by atoms with E-state index in [1.807, 2.05) is 27.7 Å². The molecule has 1 aromatic carbocycles. The van der Waals surface area contributed by atoms with Gasteiger partial charge in [-0.05, 0) is 64.3 Å². The van der Waals surface area contributed by atoms with Crippen LogP contribution in [0.15, 0.2) is 18.2 Å². The van der Waals surface area contributed by atoms with Crippen molar-refractivity contribution >= 4 is 29.3 Å². The number of likely N-dealkylation sites (tertiary alicyclic amines) is 1. The van der Waals surface area contributed by atoms with Crippen molar-refractivity contribution in [1.29, 1.82) is 0 Å². The second-order valence-electron chi connectivity index (χ2n) is 6.78. The number of benzene rings is 1. The quantitative estimate of drug-likeness (QED) is 0.887. The van der Waals surface area contributed by atoms with Crippen LogP contribution in [-0.2, 0) is 9.53 Å². The Balaban J connectivity index is 2.07. The van der Waals surface area contributed by atoms with Crippen molar-refractivity contribution in [3.8, 4) is 0 Å². The highest BCUT2D eigenvalue weighted by atomic mass is 35.5. The van der Waals surface area contributed by atoms with Crippen LogP contribution in [0.25, 0.3) is 0 Å². The van der Waals surface area contributed by atoms with E-state index in [2.05, 4.69) is 5.32 Å². The van der Waals surface area contributed by atoms with Crippen LogP contribution in [0.2, 0.25) is 5.02 Å². The predicted octanol–water partition coefficient (Wildman–Crippen LogP) is 3.99. The van der Waals surface area contributed by atoms with E-state index in [0.717, 1.165) is 12.0 Å². The molecule has 0 bridgehead atoms. The van der Waals surface area contributed by atoms with Gasteiger partial charge in [-0.15, -0.1) is 0 Å². The molecule has 2 rings (SSSR count). The van der Waals surface area contributed by atoms with Crippen molar-refractivity contribution in [2.75, 3.05) is 11.9 Å². The van der Waals surface area contributed by atoms with Gasteiger partial charge in [-0.25, -0.2) is 4.79 Å². The van der Waals surface area contributed by atoms with Gasteiger partial charge in [-0.3, -0.25) is 9.69 Å². The fraction of sp³-hybridized carbons (Fsp3) is 0.529. The molecule has 126 valence electrons. The fourth-order valence-corrected chi connectivity index (χ4v) is 2.79. The molecular formula is C17H23ClN2O3. The molecule has 0 aliphatic carbocycles. The number of hydrogen-bond acceptors (Lipinski definition) is 3. The SMILES string of the molecule is Cc1cc(Cl)ccc1NC(=O)[C@H]1CCCN1C(=O)OC(C)(C)C. The molecule has 0 saturated carbocycles. The van der Waals surface area contributed by atoms with E-state index in [-0.39, 0.29) is 5.91 Å². The Morgan fingerprint density at radius 2 is 2.04 bits per heavy atom. The first-order valence-electron chi connectivity index (χ1n) is 7.74. The maximum absolute atomic E-state index is 12.5. The minimum atomic E-state index is -0.576. The molecule has 0 aromatic heterocycles. The summed E-state index contributed by atoms with van der Waals surface area (Å²) in [5.41, 5.74) is 1.01. The minimum Gasteiger partial charge on any atom is -0.444 e. The average molecular weight is 339 g/mol. The van der Waals surface area contributed by atoms with Crippen LogP contribution >= 0.6 is 11.6 Å². The Morgan fingerprint density at radius 1 is 1.35 bits per heavy atom. The number of carbonyl (C=O) groups excluding carboxylic acids is 2. The van der Waals surface area contributed by atoms with Crippen molar-refractivity contribution in [3.05, 3.63) is 28.8 Å². The lowest BCUT2D eigenvalue weighted by molar-refractivity contribution is -0.120. The molecule has 2 amide bonds. The van der Waals surface area contributed by atoms with E-state index < -0.39 is 17.7 Å². The number of halogens is 1. The summed E-state index contributed by atoms with van der Waals surface area (Å²) in [5.74, 6) is -0.196. The molecule has 5 nitrogen and oxygen atoms in total. The number of nitrogens with one attached hydrogen (secondary N) is 1. The molecule has 1 atom stereocenters. The summed E-state index contributed by atoms with van der Waals surface area (Å²) in [7, 11) is 0. The molecule has 1 aliphatic heterocycles. The van der Waals surface area contributed by atoms with Gasteiger partial charge in [0.2, 0.25) is 5.91 Å². The van der Waals surface area contributed by atoms with Crippen LogP contribution < -0.4 is 5.32 Å². The highest BCUT2D eigenvalue weighted by molar-refractivity contribution is 6.30. The van der Waals surface area contributed by atoms with Crippen LogP contribution in [0.4, 0.5) is 10.5 Å². The molecule has 0 radical (unpaired) electrons. The van der Waals surface area contributed by atoms with Crippen molar-refractivity contribution < 1.29 is 14.3 Å². The number of carbonyl (C=O) groups is 2. The van der Waals surface area contributed by atoms with Gasteiger partial charge in [0, 0.05) is 17.3 Å². The van der Waals surface area contributed by atoms with Gasteiger partial charge in [-0.2, -0.15) is 0 Å². The summed E-state index contributed by atoms with van der Waals surface area (Å²) >= 11 is 5.92. The Kier molecular flexibility index (Phi) is 5.19. The average Bonchev–Trinajstić information content (AvgIpc) is 2.89. The van der Waals surface area contributed by atoms with Crippen LogP contribution in [0.3, 0.4) is 0 Å². The van der Waals surface area contributed by atoms with Crippen LogP contribution in [0.1, 0.15) is 39.2 Å². The van der Waals surface area contributed by atoms with Gasteiger partial charge in [0.25, 0.3) is 0 Å². The third-order valence-electron chi connectivity index (χ3n) is 3.63. The highest BCUT2D eigenvalue weighted by Crippen LogP contribution is 2.24. The first-order chi connectivity index (χ1) is 10.7. The normalized spacial score (nSPS) is 18.0. The third kappa shape index (κ3) is 4.61. The van der Waals surface area contributed by atoms with Gasteiger partial charge >= 0.3 is 6.09 Å². The molecule has 23 heavy (non-hydrogen) atoms. The lowest BCUT2D eigenvalue weighted by Gasteiger charge is -2.28. The zero-order valence-corrected chi connectivity index (χ0v) is 14.7. The molecule has 1 heterocycles. The Morgan fingerprint density at radius 3 is 2.65 bits per heavy atom. The van der Waals surface area contributed by atoms with E-state index in [0.29, 0.717) is 23.7 Å². The first-order valence-corrected chi connectivity index (χ1v) is 8.12.